The molecule has 1 aliphatic heterocycles. The maximum atomic E-state index is 13.8. The Labute approximate surface area is 116 Å². The molecule has 114 valence electrons. The van der Waals surface area contributed by atoms with Gasteiger partial charge in [-0.3, -0.25) is 0 Å². The van der Waals surface area contributed by atoms with Gasteiger partial charge in [0.2, 0.25) is 5.97 Å². The van der Waals surface area contributed by atoms with Gasteiger partial charge in [-0.15, -0.1) is 0 Å². The van der Waals surface area contributed by atoms with Crippen molar-refractivity contribution < 1.29 is 26.3 Å². The Bertz CT molecular complexity index is 605. The molecule has 0 fully saturated rings. The van der Waals surface area contributed by atoms with E-state index in [-0.39, 0.29) is 12.2 Å². The Morgan fingerprint density at radius 1 is 1.19 bits per heavy atom. The molecule has 0 saturated heterocycles. The average Bonchev–Trinajstić information content (AvgIpc) is 2.36. The predicted molar refractivity (Wildman–Crippen MR) is 64.3 cm³/mol. The molecule has 0 spiro atoms. The van der Waals surface area contributed by atoms with Crippen molar-refractivity contribution in [2.45, 2.75) is 19.1 Å². The van der Waals surface area contributed by atoms with Gasteiger partial charge in [-0.05, 0) is 19.1 Å². The summed E-state index contributed by atoms with van der Waals surface area (Å²) in [5.41, 5.74) is -1.27. The largest absolute Gasteiger partial charge is 0.416 e. The quantitative estimate of drug-likeness (QED) is 0.585. The van der Waals surface area contributed by atoms with Crippen molar-refractivity contribution in [3.63, 3.8) is 0 Å². The van der Waals surface area contributed by atoms with Crippen LogP contribution in [0, 0.1) is 5.82 Å². The molecule has 1 atom stereocenters. The number of rotatable bonds is 2. The van der Waals surface area contributed by atoms with E-state index in [1.807, 2.05) is 0 Å². The van der Waals surface area contributed by atoms with Crippen molar-refractivity contribution in [2.24, 2.45) is 4.99 Å². The van der Waals surface area contributed by atoms with E-state index in [1.54, 1.807) is 0 Å². The van der Waals surface area contributed by atoms with Gasteiger partial charge in [-0.25, -0.2) is 9.38 Å². The number of hydrogen-bond donors (Lipinski definition) is 0. The Kier molecular flexibility index (Phi) is 3.97. The monoisotopic (exact) mass is 308 g/mol. The van der Waals surface area contributed by atoms with Gasteiger partial charge >= 0.3 is 6.18 Å². The molecule has 1 aliphatic rings. The molecule has 1 aromatic carbocycles. The summed E-state index contributed by atoms with van der Waals surface area (Å²) >= 11 is 0. The van der Waals surface area contributed by atoms with Crippen molar-refractivity contribution in [3.05, 3.63) is 47.2 Å². The third kappa shape index (κ3) is 3.20. The summed E-state index contributed by atoms with van der Waals surface area (Å²) in [6.07, 6.45) is -4.13. The van der Waals surface area contributed by atoms with Crippen molar-refractivity contribution in [1.82, 2.24) is 4.90 Å². The second-order valence-corrected chi connectivity index (χ2v) is 4.47. The van der Waals surface area contributed by atoms with E-state index in [2.05, 4.69) is 4.99 Å². The van der Waals surface area contributed by atoms with Gasteiger partial charge < -0.3 is 4.90 Å². The number of nitrogens with zero attached hydrogens (tertiary/aromatic N) is 2. The van der Waals surface area contributed by atoms with Crippen LogP contribution in [0.15, 0.2) is 35.2 Å². The van der Waals surface area contributed by atoms with Gasteiger partial charge in [-0.1, -0.05) is 6.07 Å². The van der Waals surface area contributed by atoms with Crippen LogP contribution in [0.25, 0.3) is 0 Å². The standard InChI is InChI=1S/C13H10F6N2/c1-7(21-6-20-11(15)5-12(21)16)9-3-2-8(4-10(9)14)13(17,18)19/h2-5,7H,6H2,1H3/t7-/m0/s1. The Morgan fingerprint density at radius 3 is 2.38 bits per heavy atom. The highest BCUT2D eigenvalue weighted by Crippen LogP contribution is 2.33. The third-order valence-electron chi connectivity index (χ3n) is 3.13. The molecule has 8 heteroatoms. The van der Waals surface area contributed by atoms with Crippen molar-refractivity contribution in [3.8, 4) is 0 Å². The SMILES string of the molecule is C[C@@H](c1ccc(C(F)(F)F)cc1F)N1CN=C(F)C=C1F. The summed E-state index contributed by atoms with van der Waals surface area (Å²) in [6.45, 7) is 1.01. The fourth-order valence-electron chi connectivity index (χ4n) is 1.96. The van der Waals surface area contributed by atoms with E-state index < -0.39 is 35.5 Å². The van der Waals surface area contributed by atoms with E-state index in [1.165, 1.54) is 6.92 Å². The molecule has 21 heavy (non-hydrogen) atoms. The van der Waals surface area contributed by atoms with Crippen molar-refractivity contribution >= 4 is 5.97 Å². The highest BCUT2D eigenvalue weighted by molar-refractivity contribution is 5.87. The number of hydrogen-bond acceptors (Lipinski definition) is 2. The maximum absolute atomic E-state index is 13.8. The number of allylic oxidation sites excluding steroid dienone is 1. The van der Waals surface area contributed by atoms with Crippen LogP contribution in [0.2, 0.25) is 0 Å². The zero-order valence-electron chi connectivity index (χ0n) is 10.8. The minimum absolute atomic E-state index is 0.135. The van der Waals surface area contributed by atoms with Crippen molar-refractivity contribution in [2.75, 3.05) is 6.67 Å². The zero-order valence-corrected chi connectivity index (χ0v) is 10.8. The van der Waals surface area contributed by atoms with Crippen LogP contribution < -0.4 is 0 Å². The maximum Gasteiger partial charge on any atom is 0.416 e. The Balaban J connectivity index is 2.29. The molecule has 0 unspecified atom stereocenters. The lowest BCUT2D eigenvalue weighted by Crippen LogP contribution is -2.28. The molecule has 0 aromatic heterocycles. The van der Waals surface area contributed by atoms with Crippen molar-refractivity contribution in [1.29, 1.82) is 0 Å². The fourth-order valence-corrected chi connectivity index (χ4v) is 1.96. The average molecular weight is 308 g/mol. The van der Waals surface area contributed by atoms with Gasteiger partial charge in [0.1, 0.15) is 12.5 Å². The van der Waals surface area contributed by atoms with E-state index in [0.717, 1.165) is 11.0 Å². The molecule has 0 saturated carbocycles. The second-order valence-electron chi connectivity index (χ2n) is 4.47. The molecule has 1 heterocycles. The Morgan fingerprint density at radius 2 is 1.86 bits per heavy atom. The first-order valence-electron chi connectivity index (χ1n) is 5.90. The van der Waals surface area contributed by atoms with Crippen LogP contribution in [-0.2, 0) is 6.18 Å². The smallest absolute Gasteiger partial charge is 0.322 e. The second kappa shape index (κ2) is 5.42. The fraction of sp³-hybridized carbons (Fsp3) is 0.308. The third-order valence-corrected chi connectivity index (χ3v) is 3.13. The van der Waals surface area contributed by atoms with Gasteiger partial charge in [0, 0.05) is 11.6 Å². The highest BCUT2D eigenvalue weighted by atomic mass is 19.4. The first-order chi connectivity index (χ1) is 9.70. The number of benzene rings is 1. The van der Waals surface area contributed by atoms with Gasteiger partial charge in [-0.2, -0.15) is 22.0 Å². The topological polar surface area (TPSA) is 15.6 Å². The van der Waals surface area contributed by atoms with Gasteiger partial charge in [0.15, 0.2) is 5.95 Å². The van der Waals surface area contributed by atoms with Crippen LogP contribution in [-0.4, -0.2) is 17.5 Å². The van der Waals surface area contributed by atoms with E-state index in [0.29, 0.717) is 18.2 Å². The van der Waals surface area contributed by atoms with Crippen LogP contribution >= 0.6 is 0 Å². The molecule has 0 N–H and O–H groups in total. The number of halogens is 6. The summed E-state index contributed by atoms with van der Waals surface area (Å²) < 4.78 is 77.5. The Hall–Kier alpha value is -1.99. The summed E-state index contributed by atoms with van der Waals surface area (Å²) in [4.78, 5) is 4.29. The summed E-state index contributed by atoms with van der Waals surface area (Å²) in [6, 6.07) is 1.07. The molecular weight excluding hydrogens is 298 g/mol. The number of alkyl halides is 3. The van der Waals surface area contributed by atoms with Gasteiger partial charge in [0.25, 0.3) is 0 Å². The van der Waals surface area contributed by atoms with E-state index in [9.17, 15) is 26.3 Å². The molecule has 0 amide bonds. The molecule has 2 rings (SSSR count). The zero-order chi connectivity index (χ0) is 15.8. The highest BCUT2D eigenvalue weighted by Gasteiger charge is 2.32. The summed E-state index contributed by atoms with van der Waals surface area (Å²) in [7, 11) is 0. The molecule has 0 bridgehead atoms. The van der Waals surface area contributed by atoms with E-state index in [4.69, 9.17) is 0 Å². The molecular formula is C13H10F6N2. The lowest BCUT2D eigenvalue weighted by molar-refractivity contribution is -0.137. The van der Waals surface area contributed by atoms with Crippen LogP contribution in [0.4, 0.5) is 26.3 Å². The van der Waals surface area contributed by atoms with Crippen LogP contribution in [0.3, 0.4) is 0 Å². The summed E-state index contributed by atoms with van der Waals surface area (Å²) in [5, 5.41) is 0. The normalized spacial score (nSPS) is 17.4. The first-order valence-corrected chi connectivity index (χ1v) is 5.90. The minimum Gasteiger partial charge on any atom is -0.322 e. The lowest BCUT2D eigenvalue weighted by Gasteiger charge is -2.30. The number of aliphatic imine (C=N–C) groups is 1. The molecule has 0 aliphatic carbocycles. The first kappa shape index (κ1) is 15.4. The lowest BCUT2D eigenvalue weighted by atomic mass is 10.0. The van der Waals surface area contributed by atoms with Crippen LogP contribution in [0.5, 0.6) is 0 Å². The minimum atomic E-state index is -4.66. The molecule has 2 nitrogen and oxygen atoms in total. The molecule has 0 radical (unpaired) electrons. The predicted octanol–water partition coefficient (Wildman–Crippen LogP) is 4.36. The van der Waals surface area contributed by atoms with Gasteiger partial charge in [0.05, 0.1) is 11.6 Å². The van der Waals surface area contributed by atoms with Crippen LogP contribution in [0.1, 0.15) is 24.1 Å². The molecule has 1 aromatic rings. The van der Waals surface area contributed by atoms with E-state index >= 15 is 0 Å². The summed E-state index contributed by atoms with van der Waals surface area (Å²) in [5.74, 6) is -3.07.